The molecule has 2 aromatic heterocycles. The smallest absolute Gasteiger partial charge is 0.371 e. The maximum Gasteiger partial charge on any atom is 0.371 e. The quantitative estimate of drug-likeness (QED) is 0.752. The Morgan fingerprint density at radius 2 is 2.24 bits per heavy atom. The van der Waals surface area contributed by atoms with Gasteiger partial charge in [-0.05, 0) is 24.3 Å². The summed E-state index contributed by atoms with van der Waals surface area (Å²) in [6.07, 6.45) is 0.842. The zero-order chi connectivity index (χ0) is 14.8. The number of furan rings is 1. The van der Waals surface area contributed by atoms with Crippen molar-refractivity contribution in [2.45, 2.75) is 20.0 Å². The van der Waals surface area contributed by atoms with Gasteiger partial charge in [-0.15, -0.1) is 0 Å². The van der Waals surface area contributed by atoms with Gasteiger partial charge in [-0.2, -0.15) is 0 Å². The third-order valence-corrected chi connectivity index (χ3v) is 3.09. The van der Waals surface area contributed by atoms with Crippen molar-refractivity contribution in [3.8, 4) is 5.75 Å². The minimum Gasteiger partial charge on any atom is -0.486 e. The summed E-state index contributed by atoms with van der Waals surface area (Å²) in [4.78, 5) is 18.3. The van der Waals surface area contributed by atoms with E-state index in [0.717, 1.165) is 23.3 Å². The van der Waals surface area contributed by atoms with Gasteiger partial charge in [0.25, 0.3) is 0 Å². The Bertz CT molecular complexity index is 788. The molecule has 0 bridgehead atoms. The number of fused-ring (bicyclic) bond motifs is 1. The van der Waals surface area contributed by atoms with Crippen molar-refractivity contribution in [3.63, 3.8) is 0 Å². The number of benzene rings is 1. The van der Waals surface area contributed by atoms with Gasteiger partial charge in [0.2, 0.25) is 5.76 Å². The summed E-state index contributed by atoms with van der Waals surface area (Å²) in [7, 11) is 0. The molecule has 3 rings (SSSR count). The molecule has 0 amide bonds. The van der Waals surface area contributed by atoms with Gasteiger partial charge in [0, 0.05) is 12.5 Å². The van der Waals surface area contributed by atoms with Crippen LogP contribution >= 0.6 is 0 Å². The molecular formula is C15H14N2O4. The standard InChI is InChI=1S/C15H14N2O4/c1-2-14-16-11-5-3-9(7-12(11)17-14)20-8-10-4-6-13(21-10)15(18)19/h3-7H,2,8H2,1H3,(H,16,17)(H,18,19). The minimum atomic E-state index is -1.09. The third-order valence-electron chi connectivity index (χ3n) is 3.09. The van der Waals surface area contributed by atoms with E-state index >= 15 is 0 Å². The van der Waals surface area contributed by atoms with Crippen LogP contribution in [0.3, 0.4) is 0 Å². The van der Waals surface area contributed by atoms with Gasteiger partial charge in [-0.25, -0.2) is 9.78 Å². The van der Waals surface area contributed by atoms with Crippen molar-refractivity contribution in [3.05, 3.63) is 47.7 Å². The number of aromatic amines is 1. The Kier molecular flexibility index (Phi) is 3.35. The number of aromatic nitrogens is 2. The summed E-state index contributed by atoms with van der Waals surface area (Å²) in [5, 5.41) is 8.78. The average Bonchev–Trinajstić information content (AvgIpc) is 3.10. The van der Waals surface area contributed by atoms with Crippen molar-refractivity contribution in [1.82, 2.24) is 9.97 Å². The zero-order valence-electron chi connectivity index (χ0n) is 11.4. The summed E-state index contributed by atoms with van der Waals surface area (Å²) in [6.45, 7) is 2.21. The molecule has 0 saturated heterocycles. The lowest BCUT2D eigenvalue weighted by molar-refractivity contribution is 0.0658. The second kappa shape index (κ2) is 5.32. The van der Waals surface area contributed by atoms with Crippen molar-refractivity contribution in [2.24, 2.45) is 0 Å². The van der Waals surface area contributed by atoms with Crippen molar-refractivity contribution in [2.75, 3.05) is 0 Å². The summed E-state index contributed by atoms with van der Waals surface area (Å²) < 4.78 is 10.7. The number of imidazole rings is 1. The molecule has 0 radical (unpaired) electrons. The molecule has 21 heavy (non-hydrogen) atoms. The number of hydrogen-bond acceptors (Lipinski definition) is 4. The number of aromatic carboxylic acids is 1. The Labute approximate surface area is 120 Å². The number of carboxylic acids is 1. The first-order chi connectivity index (χ1) is 10.2. The van der Waals surface area contributed by atoms with E-state index in [9.17, 15) is 4.79 Å². The Balaban J connectivity index is 1.73. The van der Waals surface area contributed by atoms with Crippen LogP contribution in [0.25, 0.3) is 11.0 Å². The summed E-state index contributed by atoms with van der Waals surface area (Å²) >= 11 is 0. The van der Waals surface area contributed by atoms with Gasteiger partial charge < -0.3 is 19.2 Å². The molecule has 6 heteroatoms. The number of carbonyl (C=O) groups is 1. The van der Waals surface area contributed by atoms with Crippen molar-refractivity contribution < 1.29 is 19.1 Å². The topological polar surface area (TPSA) is 88.3 Å². The first-order valence-corrected chi connectivity index (χ1v) is 6.59. The Morgan fingerprint density at radius 3 is 2.95 bits per heavy atom. The molecule has 0 unspecified atom stereocenters. The van der Waals surface area contributed by atoms with Crippen molar-refractivity contribution in [1.29, 1.82) is 0 Å². The third kappa shape index (κ3) is 2.74. The molecule has 0 fully saturated rings. The zero-order valence-corrected chi connectivity index (χ0v) is 11.4. The van der Waals surface area contributed by atoms with Crippen LogP contribution in [0, 0.1) is 0 Å². The molecule has 2 N–H and O–H groups in total. The molecular weight excluding hydrogens is 272 g/mol. The molecule has 0 aliphatic rings. The van der Waals surface area contributed by atoms with Gasteiger partial charge >= 0.3 is 5.97 Å². The van der Waals surface area contributed by atoms with E-state index in [0.29, 0.717) is 11.5 Å². The molecule has 0 aliphatic carbocycles. The number of aryl methyl sites for hydroxylation is 1. The van der Waals surface area contributed by atoms with Crippen LogP contribution in [-0.2, 0) is 13.0 Å². The predicted molar refractivity (Wildman–Crippen MR) is 75.5 cm³/mol. The lowest BCUT2D eigenvalue weighted by Crippen LogP contribution is -1.95. The van der Waals surface area contributed by atoms with Gasteiger partial charge in [0.15, 0.2) is 0 Å². The van der Waals surface area contributed by atoms with E-state index in [2.05, 4.69) is 9.97 Å². The number of nitrogens with one attached hydrogen (secondary N) is 1. The molecule has 2 heterocycles. The summed E-state index contributed by atoms with van der Waals surface area (Å²) in [5.74, 6) is 0.880. The van der Waals surface area contributed by atoms with Crippen molar-refractivity contribution >= 4 is 17.0 Å². The maximum absolute atomic E-state index is 10.7. The fourth-order valence-corrected chi connectivity index (χ4v) is 2.02. The molecule has 0 atom stereocenters. The van der Waals surface area contributed by atoms with Crippen LogP contribution < -0.4 is 4.74 Å². The average molecular weight is 286 g/mol. The van der Waals surface area contributed by atoms with Crippen LogP contribution in [0.5, 0.6) is 5.75 Å². The van der Waals surface area contributed by atoms with Crippen LogP contribution in [-0.4, -0.2) is 21.0 Å². The molecule has 0 aliphatic heterocycles. The van der Waals surface area contributed by atoms with Crippen LogP contribution in [0.1, 0.15) is 29.1 Å². The highest BCUT2D eigenvalue weighted by atomic mass is 16.5. The molecule has 6 nitrogen and oxygen atoms in total. The van der Waals surface area contributed by atoms with Gasteiger partial charge in [-0.1, -0.05) is 6.92 Å². The molecule has 108 valence electrons. The normalized spacial score (nSPS) is 10.9. The number of nitrogens with zero attached hydrogens (tertiary/aromatic N) is 1. The first kappa shape index (κ1) is 13.2. The SMILES string of the molecule is CCc1nc2ccc(OCc3ccc(C(=O)O)o3)cc2[nH]1. The van der Waals surface area contributed by atoms with E-state index in [4.69, 9.17) is 14.3 Å². The monoisotopic (exact) mass is 286 g/mol. The largest absolute Gasteiger partial charge is 0.486 e. The van der Waals surface area contributed by atoms with Crippen LogP contribution in [0.2, 0.25) is 0 Å². The number of carboxylic acid groups (broad SMARTS) is 1. The fraction of sp³-hybridized carbons (Fsp3) is 0.200. The second-order valence-electron chi connectivity index (χ2n) is 4.58. The van der Waals surface area contributed by atoms with Gasteiger partial charge in [-0.3, -0.25) is 0 Å². The molecule has 3 aromatic rings. The lowest BCUT2D eigenvalue weighted by Gasteiger charge is -2.03. The van der Waals surface area contributed by atoms with Crippen LogP contribution in [0.4, 0.5) is 0 Å². The van der Waals surface area contributed by atoms with E-state index in [1.807, 2.05) is 25.1 Å². The number of rotatable bonds is 5. The first-order valence-electron chi connectivity index (χ1n) is 6.59. The fourth-order valence-electron chi connectivity index (χ4n) is 2.02. The van der Waals surface area contributed by atoms with E-state index in [1.54, 1.807) is 6.07 Å². The van der Waals surface area contributed by atoms with E-state index < -0.39 is 5.97 Å². The maximum atomic E-state index is 10.7. The van der Waals surface area contributed by atoms with Gasteiger partial charge in [0.1, 0.15) is 23.9 Å². The lowest BCUT2D eigenvalue weighted by atomic mass is 10.3. The number of H-pyrrole nitrogens is 1. The Hall–Kier alpha value is -2.76. The highest BCUT2D eigenvalue weighted by Crippen LogP contribution is 2.20. The number of ether oxygens (including phenoxy) is 1. The molecule has 0 saturated carbocycles. The second-order valence-corrected chi connectivity index (χ2v) is 4.58. The minimum absolute atomic E-state index is 0.0924. The Morgan fingerprint density at radius 1 is 1.38 bits per heavy atom. The van der Waals surface area contributed by atoms with Gasteiger partial charge in [0.05, 0.1) is 11.0 Å². The number of hydrogen-bond donors (Lipinski definition) is 2. The highest BCUT2D eigenvalue weighted by Gasteiger charge is 2.09. The summed E-state index contributed by atoms with van der Waals surface area (Å²) in [5.41, 5.74) is 1.81. The van der Waals surface area contributed by atoms with E-state index in [1.165, 1.54) is 6.07 Å². The highest BCUT2D eigenvalue weighted by molar-refractivity contribution is 5.84. The van der Waals surface area contributed by atoms with E-state index in [-0.39, 0.29) is 12.4 Å². The predicted octanol–water partition coefficient (Wildman–Crippen LogP) is 3.00. The van der Waals surface area contributed by atoms with Crippen LogP contribution in [0.15, 0.2) is 34.7 Å². The summed E-state index contributed by atoms with van der Waals surface area (Å²) in [6, 6.07) is 8.57. The molecule has 1 aromatic carbocycles. The molecule has 0 spiro atoms.